The average Bonchev–Trinajstić information content (AvgIpc) is 3.13. The lowest BCUT2D eigenvalue weighted by atomic mass is 10.1. The molecule has 1 heterocycles. The van der Waals surface area contributed by atoms with Crippen LogP contribution in [-0.2, 0) is 6.18 Å². The molecular weight excluding hydrogens is 509 g/mol. The van der Waals surface area contributed by atoms with Gasteiger partial charge in [-0.1, -0.05) is 48.0 Å². The number of carbonyl (C=O) groups excluding carboxylic acids is 1. The zero-order valence-corrected chi connectivity index (χ0v) is 20.5. The predicted octanol–water partition coefficient (Wildman–Crippen LogP) is 7.04. The maximum Gasteiger partial charge on any atom is 0.418 e. The van der Waals surface area contributed by atoms with Crippen molar-refractivity contribution in [2.45, 2.75) is 20.0 Å². The standard InChI is InChI=1S/C14H12F3NO2.C13H10ClNO2/c1-8-7-10(13(19)20)9(2)18(8)12-6-4-3-5-11(12)14(15,16)17;14-10-7-4-8-11(12(10)13(15)16)17-9-5-2-1-3-6-9/h3-7H,1-2H3,(H,19,20);1-8H,(H2,15,16). The van der Waals surface area contributed by atoms with Crippen molar-refractivity contribution in [1.29, 1.82) is 0 Å². The number of halogens is 4. The van der Waals surface area contributed by atoms with E-state index in [0.29, 0.717) is 17.2 Å². The minimum atomic E-state index is -4.50. The van der Waals surface area contributed by atoms with Crippen LogP contribution in [-0.4, -0.2) is 21.6 Å². The topological polar surface area (TPSA) is 94.5 Å². The second-order valence-corrected chi connectivity index (χ2v) is 8.24. The summed E-state index contributed by atoms with van der Waals surface area (Å²) < 4.78 is 46.0. The summed E-state index contributed by atoms with van der Waals surface area (Å²) in [6.07, 6.45) is -4.50. The van der Waals surface area contributed by atoms with Crippen LogP contribution in [0.1, 0.15) is 37.7 Å². The van der Waals surface area contributed by atoms with Crippen LogP contribution >= 0.6 is 11.6 Å². The normalized spacial score (nSPS) is 10.9. The molecule has 4 rings (SSSR count). The van der Waals surface area contributed by atoms with Gasteiger partial charge in [-0.2, -0.15) is 13.2 Å². The van der Waals surface area contributed by atoms with E-state index in [2.05, 4.69) is 0 Å². The molecule has 1 amide bonds. The van der Waals surface area contributed by atoms with E-state index in [0.717, 1.165) is 6.07 Å². The van der Waals surface area contributed by atoms with Crippen molar-refractivity contribution in [3.8, 4) is 17.2 Å². The SMILES string of the molecule is Cc1cc(C(=O)O)c(C)n1-c1ccccc1C(F)(F)F.NC(=O)c1c(Cl)cccc1Oc1ccccc1. The minimum Gasteiger partial charge on any atom is -0.478 e. The van der Waals surface area contributed by atoms with Crippen LogP contribution in [0.3, 0.4) is 0 Å². The van der Waals surface area contributed by atoms with Crippen LogP contribution < -0.4 is 10.5 Å². The van der Waals surface area contributed by atoms with Crippen LogP contribution in [0.4, 0.5) is 13.2 Å². The van der Waals surface area contributed by atoms with E-state index < -0.39 is 23.6 Å². The van der Waals surface area contributed by atoms with Gasteiger partial charge in [-0.3, -0.25) is 4.79 Å². The number of aryl methyl sites for hydroxylation is 1. The number of aromatic nitrogens is 1. The molecule has 0 radical (unpaired) electrons. The largest absolute Gasteiger partial charge is 0.478 e. The highest BCUT2D eigenvalue weighted by Gasteiger charge is 2.34. The zero-order valence-electron chi connectivity index (χ0n) is 19.7. The number of hydrogen-bond donors (Lipinski definition) is 2. The van der Waals surface area contributed by atoms with Crippen molar-refractivity contribution < 1.29 is 32.6 Å². The number of primary amides is 1. The molecule has 3 N–H and O–H groups in total. The maximum absolute atomic E-state index is 13.0. The summed E-state index contributed by atoms with van der Waals surface area (Å²) >= 11 is 5.91. The summed E-state index contributed by atoms with van der Waals surface area (Å²) in [6, 6.07) is 20.5. The highest BCUT2D eigenvalue weighted by atomic mass is 35.5. The lowest BCUT2D eigenvalue weighted by Gasteiger charge is -2.16. The molecule has 0 bridgehead atoms. The van der Waals surface area contributed by atoms with E-state index >= 15 is 0 Å². The molecule has 0 unspecified atom stereocenters. The van der Waals surface area contributed by atoms with Gasteiger partial charge in [0.15, 0.2) is 0 Å². The molecule has 0 atom stereocenters. The van der Waals surface area contributed by atoms with Gasteiger partial charge in [0.25, 0.3) is 5.91 Å². The van der Waals surface area contributed by atoms with Crippen LogP contribution in [0.2, 0.25) is 5.02 Å². The molecular formula is C27H22ClF3N2O4. The van der Waals surface area contributed by atoms with E-state index in [4.69, 9.17) is 27.2 Å². The lowest BCUT2D eigenvalue weighted by molar-refractivity contribution is -0.137. The molecule has 192 valence electrons. The molecule has 4 aromatic rings. The quantitative estimate of drug-likeness (QED) is 0.289. The summed E-state index contributed by atoms with van der Waals surface area (Å²) in [5.74, 6) is -0.788. The molecule has 0 spiro atoms. The first-order valence-electron chi connectivity index (χ1n) is 10.8. The second kappa shape index (κ2) is 11.2. The minimum absolute atomic E-state index is 0.000484. The molecule has 6 nitrogen and oxygen atoms in total. The van der Waals surface area contributed by atoms with Crippen molar-refractivity contribution in [2.75, 3.05) is 0 Å². The van der Waals surface area contributed by atoms with E-state index in [1.807, 2.05) is 18.2 Å². The Labute approximate surface area is 215 Å². The Bertz CT molecular complexity index is 1430. The van der Waals surface area contributed by atoms with Gasteiger partial charge < -0.3 is 20.1 Å². The third-order valence-corrected chi connectivity index (χ3v) is 5.62. The number of carboxylic acids is 1. The average molecular weight is 531 g/mol. The number of amides is 1. The van der Waals surface area contributed by atoms with Crippen LogP contribution in [0.5, 0.6) is 11.5 Å². The van der Waals surface area contributed by atoms with Gasteiger partial charge in [0, 0.05) is 11.4 Å². The molecule has 0 saturated heterocycles. The third kappa shape index (κ3) is 6.31. The van der Waals surface area contributed by atoms with Crippen molar-refractivity contribution in [1.82, 2.24) is 4.57 Å². The summed E-state index contributed by atoms with van der Waals surface area (Å²) in [6.45, 7) is 3.07. The summed E-state index contributed by atoms with van der Waals surface area (Å²) in [5, 5.41) is 9.33. The number of benzene rings is 3. The second-order valence-electron chi connectivity index (χ2n) is 7.83. The Hall–Kier alpha value is -4.24. The number of nitrogens with zero attached hydrogens (tertiary/aromatic N) is 1. The number of ether oxygens (including phenoxy) is 1. The number of hydrogen-bond acceptors (Lipinski definition) is 3. The third-order valence-electron chi connectivity index (χ3n) is 5.30. The number of alkyl halides is 3. The van der Waals surface area contributed by atoms with Gasteiger partial charge in [-0.05, 0) is 56.3 Å². The molecule has 37 heavy (non-hydrogen) atoms. The highest BCUT2D eigenvalue weighted by molar-refractivity contribution is 6.34. The van der Waals surface area contributed by atoms with Crippen LogP contribution in [0.25, 0.3) is 5.69 Å². The summed E-state index contributed by atoms with van der Waals surface area (Å²) in [7, 11) is 0. The molecule has 0 saturated carbocycles. The first-order valence-corrected chi connectivity index (χ1v) is 11.2. The zero-order chi connectivity index (χ0) is 27.3. The van der Waals surface area contributed by atoms with Gasteiger partial charge in [-0.25, -0.2) is 4.79 Å². The monoisotopic (exact) mass is 530 g/mol. The van der Waals surface area contributed by atoms with Crippen molar-refractivity contribution in [3.05, 3.63) is 112 Å². The number of carboxylic acid groups (broad SMARTS) is 1. The molecule has 0 aliphatic rings. The van der Waals surface area contributed by atoms with Crippen molar-refractivity contribution >= 4 is 23.5 Å². The van der Waals surface area contributed by atoms with Gasteiger partial charge in [0.1, 0.15) is 17.1 Å². The Morgan fingerprint density at radius 2 is 1.57 bits per heavy atom. The molecule has 0 fully saturated rings. The smallest absolute Gasteiger partial charge is 0.418 e. The van der Waals surface area contributed by atoms with Crippen molar-refractivity contribution in [3.63, 3.8) is 0 Å². The maximum atomic E-state index is 13.0. The fourth-order valence-corrected chi connectivity index (χ4v) is 3.96. The Morgan fingerprint density at radius 3 is 2.14 bits per heavy atom. The highest BCUT2D eigenvalue weighted by Crippen LogP contribution is 2.35. The molecule has 10 heteroatoms. The number of para-hydroxylation sites is 2. The first kappa shape index (κ1) is 27.3. The number of rotatable bonds is 5. The lowest BCUT2D eigenvalue weighted by Crippen LogP contribution is -2.12. The predicted molar refractivity (Wildman–Crippen MR) is 134 cm³/mol. The molecule has 3 aromatic carbocycles. The van der Waals surface area contributed by atoms with E-state index in [-0.39, 0.29) is 27.5 Å². The summed E-state index contributed by atoms with van der Waals surface area (Å²) in [4.78, 5) is 22.4. The van der Waals surface area contributed by atoms with Crippen molar-refractivity contribution in [2.24, 2.45) is 5.73 Å². The van der Waals surface area contributed by atoms with Gasteiger partial charge in [0.2, 0.25) is 0 Å². The Morgan fingerprint density at radius 1 is 0.946 bits per heavy atom. The van der Waals surface area contributed by atoms with E-state index in [1.54, 1.807) is 37.3 Å². The fraction of sp³-hybridized carbons (Fsp3) is 0.111. The fourth-order valence-electron chi connectivity index (χ4n) is 3.70. The Kier molecular flexibility index (Phi) is 8.29. The molecule has 0 aliphatic carbocycles. The molecule has 0 aliphatic heterocycles. The number of carbonyl (C=O) groups is 2. The number of aromatic carboxylic acids is 1. The van der Waals surface area contributed by atoms with Gasteiger partial charge >= 0.3 is 12.1 Å². The number of nitrogens with two attached hydrogens (primary N) is 1. The van der Waals surface area contributed by atoms with E-state index in [1.165, 1.54) is 35.8 Å². The molecule has 1 aromatic heterocycles. The first-order chi connectivity index (χ1) is 17.4. The van der Waals surface area contributed by atoms with Crippen LogP contribution in [0, 0.1) is 13.8 Å². The van der Waals surface area contributed by atoms with Crippen LogP contribution in [0.15, 0.2) is 78.9 Å². The van der Waals surface area contributed by atoms with E-state index in [9.17, 15) is 22.8 Å². The van der Waals surface area contributed by atoms with Gasteiger partial charge in [-0.15, -0.1) is 0 Å². The summed E-state index contributed by atoms with van der Waals surface area (Å²) in [5.41, 5.74) is 5.31. The van der Waals surface area contributed by atoms with Gasteiger partial charge in [0.05, 0.1) is 21.8 Å². The Balaban J connectivity index is 0.000000208.